The van der Waals surface area contributed by atoms with Crippen molar-refractivity contribution in [3.8, 4) is 5.75 Å². The molecule has 2 atom stereocenters. The van der Waals surface area contributed by atoms with Gasteiger partial charge >= 0.3 is 17.8 Å². The number of ether oxygens (including phenoxy) is 1. The number of carbonyl (C=O) groups excluding carboxylic acids is 3. The second kappa shape index (κ2) is 11.0. The highest BCUT2D eigenvalue weighted by Gasteiger charge is 2.33. The maximum atomic E-state index is 12.9. The number of amides is 3. The van der Waals surface area contributed by atoms with Gasteiger partial charge in [-0.15, -0.1) is 11.3 Å². The highest BCUT2D eigenvalue weighted by molar-refractivity contribution is 7.17. The number of phenols is 1. The number of rotatable bonds is 8. The van der Waals surface area contributed by atoms with Crippen LogP contribution in [0.15, 0.2) is 24.3 Å². The van der Waals surface area contributed by atoms with E-state index in [1.807, 2.05) is 0 Å². The summed E-state index contributed by atoms with van der Waals surface area (Å²) in [5, 5.41) is 35.1. The Hall–Kier alpha value is -3.97. The standard InChI is InChI=1S/C22H23N3O9S/c1-10(26)24-14(8-11-2-4-12(27)5-3-11)18(28)23-9-15-17-13(6-7-34-15)16(21(30)31)20(35-17)25-19(29)22(32)33/h2-5,14-15,27H,6-9H2,1H3,(H,23,28)(H,24,26)(H,25,29)(H,30,31)(H,32,33). The van der Waals surface area contributed by atoms with Gasteiger partial charge in [-0.25, -0.2) is 9.59 Å². The predicted molar refractivity (Wildman–Crippen MR) is 122 cm³/mol. The van der Waals surface area contributed by atoms with E-state index in [1.165, 1.54) is 19.1 Å². The number of carboxylic acids is 2. The van der Waals surface area contributed by atoms with Crippen LogP contribution in [0.4, 0.5) is 5.00 Å². The van der Waals surface area contributed by atoms with Crippen molar-refractivity contribution in [2.24, 2.45) is 0 Å². The maximum absolute atomic E-state index is 12.9. The van der Waals surface area contributed by atoms with E-state index in [1.54, 1.807) is 12.1 Å². The summed E-state index contributed by atoms with van der Waals surface area (Å²) >= 11 is 0.873. The summed E-state index contributed by atoms with van der Waals surface area (Å²) in [4.78, 5) is 59.2. The molecule has 12 nitrogen and oxygen atoms in total. The van der Waals surface area contributed by atoms with Crippen molar-refractivity contribution in [1.82, 2.24) is 10.6 Å². The predicted octanol–water partition coefficient (Wildman–Crippen LogP) is 0.652. The average Bonchev–Trinajstić information content (AvgIpc) is 3.16. The molecule has 2 heterocycles. The third kappa shape index (κ3) is 6.33. The van der Waals surface area contributed by atoms with E-state index in [0.717, 1.165) is 11.3 Å². The zero-order valence-electron chi connectivity index (χ0n) is 18.5. The minimum absolute atomic E-state index is 0.0522. The van der Waals surface area contributed by atoms with Crippen molar-refractivity contribution in [3.63, 3.8) is 0 Å². The van der Waals surface area contributed by atoms with Crippen LogP contribution in [0.3, 0.4) is 0 Å². The third-order valence-electron chi connectivity index (χ3n) is 5.17. The second-order valence-corrected chi connectivity index (χ2v) is 8.74. The Balaban J connectivity index is 1.76. The Bertz CT molecular complexity index is 1160. The SMILES string of the molecule is CC(=O)NC(Cc1ccc(O)cc1)C(=O)NCC1OCCc2c1sc(NC(=O)C(=O)O)c2C(=O)O. The summed E-state index contributed by atoms with van der Waals surface area (Å²) in [7, 11) is 0. The smallest absolute Gasteiger partial charge is 0.394 e. The van der Waals surface area contributed by atoms with E-state index >= 15 is 0 Å². The van der Waals surface area contributed by atoms with Crippen molar-refractivity contribution < 1.29 is 44.0 Å². The zero-order chi connectivity index (χ0) is 25.7. The third-order valence-corrected chi connectivity index (χ3v) is 6.41. The first-order valence-electron chi connectivity index (χ1n) is 10.4. The van der Waals surface area contributed by atoms with Gasteiger partial charge in [0, 0.05) is 24.8 Å². The van der Waals surface area contributed by atoms with Gasteiger partial charge < -0.3 is 36.0 Å². The number of nitrogens with one attached hydrogen (secondary N) is 3. The molecule has 2 unspecified atom stereocenters. The monoisotopic (exact) mass is 505 g/mol. The van der Waals surface area contributed by atoms with E-state index in [0.29, 0.717) is 16.0 Å². The average molecular weight is 506 g/mol. The molecule has 35 heavy (non-hydrogen) atoms. The highest BCUT2D eigenvalue weighted by Crippen LogP contribution is 2.41. The largest absolute Gasteiger partial charge is 0.508 e. The molecule has 0 radical (unpaired) electrons. The number of carbonyl (C=O) groups is 5. The number of benzene rings is 1. The first kappa shape index (κ1) is 25.6. The Kier molecular flexibility index (Phi) is 8.04. The molecule has 2 aromatic rings. The zero-order valence-corrected chi connectivity index (χ0v) is 19.3. The topological polar surface area (TPSA) is 191 Å². The summed E-state index contributed by atoms with van der Waals surface area (Å²) < 4.78 is 5.71. The minimum Gasteiger partial charge on any atom is -0.508 e. The fourth-order valence-corrected chi connectivity index (χ4v) is 4.92. The van der Waals surface area contributed by atoms with Crippen LogP contribution < -0.4 is 16.0 Å². The molecule has 1 aliphatic rings. The van der Waals surface area contributed by atoms with Crippen LogP contribution in [-0.4, -0.2) is 64.2 Å². The molecular formula is C22H23N3O9S. The number of aromatic hydroxyl groups is 1. The van der Waals surface area contributed by atoms with Crippen molar-refractivity contribution in [2.75, 3.05) is 18.5 Å². The quantitative estimate of drug-likeness (QED) is 0.280. The van der Waals surface area contributed by atoms with E-state index in [2.05, 4.69) is 16.0 Å². The maximum Gasteiger partial charge on any atom is 0.394 e. The lowest BCUT2D eigenvalue weighted by molar-refractivity contribution is -0.147. The van der Waals surface area contributed by atoms with Gasteiger partial charge in [0.2, 0.25) is 11.8 Å². The van der Waals surface area contributed by atoms with Gasteiger partial charge in [-0.05, 0) is 29.7 Å². The minimum atomic E-state index is -1.76. The highest BCUT2D eigenvalue weighted by atomic mass is 32.1. The fraction of sp³-hybridized carbons (Fsp3) is 0.318. The number of carboxylic acid groups (broad SMARTS) is 2. The van der Waals surface area contributed by atoms with Crippen molar-refractivity contribution in [1.29, 1.82) is 0 Å². The lowest BCUT2D eigenvalue weighted by Crippen LogP contribution is -2.48. The van der Waals surface area contributed by atoms with Gasteiger partial charge in [0.05, 0.1) is 12.2 Å². The number of fused-ring (bicyclic) bond motifs is 1. The van der Waals surface area contributed by atoms with Crippen LogP contribution in [0, 0.1) is 0 Å². The van der Waals surface area contributed by atoms with Crippen molar-refractivity contribution in [3.05, 3.63) is 45.8 Å². The summed E-state index contributed by atoms with van der Waals surface area (Å²) in [6.07, 6.45) is -0.348. The summed E-state index contributed by atoms with van der Waals surface area (Å²) in [6.45, 7) is 1.38. The molecule has 1 aromatic heterocycles. The molecule has 0 saturated carbocycles. The molecule has 0 bridgehead atoms. The summed E-state index contributed by atoms with van der Waals surface area (Å²) in [5.41, 5.74) is 0.898. The van der Waals surface area contributed by atoms with E-state index in [9.17, 15) is 34.2 Å². The summed E-state index contributed by atoms with van der Waals surface area (Å²) in [5.74, 6) is -5.31. The van der Waals surface area contributed by atoms with E-state index in [-0.39, 0.29) is 42.3 Å². The molecule has 6 N–H and O–H groups in total. The Labute approximate surface area is 202 Å². The first-order chi connectivity index (χ1) is 16.6. The molecule has 0 fully saturated rings. The van der Waals surface area contributed by atoms with Gasteiger partial charge in [0.1, 0.15) is 22.9 Å². The van der Waals surface area contributed by atoms with E-state index in [4.69, 9.17) is 9.84 Å². The van der Waals surface area contributed by atoms with Gasteiger partial charge in [-0.2, -0.15) is 0 Å². The van der Waals surface area contributed by atoms with Crippen LogP contribution in [0.25, 0.3) is 0 Å². The van der Waals surface area contributed by atoms with Gasteiger partial charge in [-0.3, -0.25) is 14.4 Å². The number of aromatic carboxylic acids is 1. The molecule has 0 saturated heterocycles. The van der Waals surface area contributed by atoms with Crippen LogP contribution in [0.2, 0.25) is 0 Å². The van der Waals surface area contributed by atoms with E-state index < -0.39 is 41.8 Å². The lowest BCUT2D eigenvalue weighted by Gasteiger charge is -2.25. The molecule has 3 rings (SSSR count). The van der Waals surface area contributed by atoms with Crippen LogP contribution in [0.1, 0.15) is 39.4 Å². The van der Waals surface area contributed by atoms with Gasteiger partial charge in [0.25, 0.3) is 0 Å². The molecule has 1 aliphatic heterocycles. The number of phenolic OH excluding ortho intramolecular Hbond substituents is 1. The number of hydrogen-bond acceptors (Lipinski definition) is 8. The number of thiophene rings is 1. The van der Waals surface area contributed by atoms with Crippen molar-refractivity contribution >= 4 is 46.0 Å². The Morgan fingerprint density at radius 2 is 1.83 bits per heavy atom. The second-order valence-electron chi connectivity index (χ2n) is 7.69. The lowest BCUT2D eigenvalue weighted by atomic mass is 10.0. The molecule has 3 amide bonds. The Morgan fingerprint density at radius 1 is 1.14 bits per heavy atom. The molecule has 186 valence electrons. The van der Waals surface area contributed by atoms with Crippen molar-refractivity contribution in [2.45, 2.75) is 31.9 Å². The Morgan fingerprint density at radius 3 is 2.43 bits per heavy atom. The number of aliphatic carboxylic acids is 1. The fourth-order valence-electron chi connectivity index (χ4n) is 3.63. The van der Waals surface area contributed by atoms with Crippen LogP contribution in [0.5, 0.6) is 5.75 Å². The number of hydrogen-bond donors (Lipinski definition) is 6. The van der Waals surface area contributed by atoms with Crippen LogP contribution >= 0.6 is 11.3 Å². The molecule has 1 aromatic carbocycles. The normalized spacial score (nSPS) is 15.4. The first-order valence-corrected chi connectivity index (χ1v) is 11.3. The van der Waals surface area contributed by atoms with Gasteiger partial charge in [0.15, 0.2) is 0 Å². The molecule has 0 spiro atoms. The molecular weight excluding hydrogens is 482 g/mol. The number of anilines is 1. The molecule has 0 aliphatic carbocycles. The van der Waals surface area contributed by atoms with Crippen LogP contribution in [-0.2, 0) is 36.8 Å². The summed E-state index contributed by atoms with van der Waals surface area (Å²) in [6, 6.07) is 5.27. The van der Waals surface area contributed by atoms with Gasteiger partial charge in [-0.1, -0.05) is 12.1 Å². The molecule has 13 heteroatoms.